The zero-order valence-corrected chi connectivity index (χ0v) is 20.2. The van der Waals surface area contributed by atoms with E-state index in [1.807, 2.05) is 91.0 Å². The Balaban J connectivity index is 1.40. The van der Waals surface area contributed by atoms with Crippen LogP contribution in [0.15, 0.2) is 108 Å². The molecule has 182 valence electrons. The second-order valence-electron chi connectivity index (χ2n) is 8.06. The molecule has 1 aromatic heterocycles. The van der Waals surface area contributed by atoms with Crippen molar-refractivity contribution in [1.82, 2.24) is 15.0 Å². The largest absolute Gasteiger partial charge is 0.481 e. The van der Waals surface area contributed by atoms with Crippen molar-refractivity contribution in [2.45, 2.75) is 23.9 Å². The molecular formula is C28H26N4O3S. The number of carboxylic acid groups (broad SMARTS) is 1. The normalized spacial score (nSPS) is 11.4. The predicted octanol–water partition coefficient (Wildman–Crippen LogP) is 5.88. The zero-order valence-electron chi connectivity index (χ0n) is 19.4. The molecule has 7 nitrogen and oxygen atoms in total. The summed E-state index contributed by atoms with van der Waals surface area (Å²) in [4.78, 5) is 28.7. The highest BCUT2D eigenvalue weighted by atomic mass is 32.2. The summed E-state index contributed by atoms with van der Waals surface area (Å²) in [5.41, 5.74) is 4.45. The van der Waals surface area contributed by atoms with E-state index in [0.29, 0.717) is 12.2 Å². The Labute approximate surface area is 214 Å². The summed E-state index contributed by atoms with van der Waals surface area (Å²) in [6.07, 6.45) is 3.38. The minimum Gasteiger partial charge on any atom is -0.481 e. The van der Waals surface area contributed by atoms with Gasteiger partial charge in [-0.3, -0.25) is 14.5 Å². The minimum absolute atomic E-state index is 0.0206. The summed E-state index contributed by atoms with van der Waals surface area (Å²) < 4.78 is 3.29. The van der Waals surface area contributed by atoms with Crippen LogP contribution in [0.2, 0.25) is 0 Å². The number of benzene rings is 3. The van der Waals surface area contributed by atoms with Crippen molar-refractivity contribution in [2.24, 2.45) is 0 Å². The maximum atomic E-state index is 12.3. The highest BCUT2D eigenvalue weighted by Crippen LogP contribution is 2.29. The molecule has 0 aliphatic rings. The number of nitrogens with zero attached hydrogens (tertiary/aromatic N) is 1. The van der Waals surface area contributed by atoms with Crippen LogP contribution in [0.4, 0.5) is 10.5 Å². The van der Waals surface area contributed by atoms with Crippen LogP contribution in [-0.4, -0.2) is 22.1 Å². The fourth-order valence-corrected chi connectivity index (χ4v) is 4.43. The number of aliphatic carboxylic acids is 1. The first-order valence-electron chi connectivity index (χ1n) is 11.4. The van der Waals surface area contributed by atoms with Gasteiger partial charge in [-0.05, 0) is 64.5 Å². The standard InChI is InChI=1S/C28H26N4O3S/c33-27(34)17-26(21-8-2-1-3-9-21)32-36-25-13-5-11-23(16-25)22-10-4-12-24(15-22)31-28(35)30-19-20-7-6-14-29-18-20/h1-16,18,26,32H,17,19H2,(H,33,34)(H2,30,31,35). The zero-order chi connectivity index (χ0) is 25.2. The fraction of sp³-hybridized carbons (Fsp3) is 0.107. The number of urea groups is 1. The first-order chi connectivity index (χ1) is 17.6. The van der Waals surface area contributed by atoms with Crippen LogP contribution in [0.3, 0.4) is 0 Å². The van der Waals surface area contributed by atoms with E-state index in [1.165, 1.54) is 11.9 Å². The van der Waals surface area contributed by atoms with Crippen molar-refractivity contribution in [3.8, 4) is 11.1 Å². The highest BCUT2D eigenvalue weighted by Gasteiger charge is 2.15. The average molecular weight is 499 g/mol. The molecule has 0 radical (unpaired) electrons. The van der Waals surface area contributed by atoms with E-state index in [-0.39, 0.29) is 18.5 Å². The summed E-state index contributed by atoms with van der Waals surface area (Å²) in [6, 6.07) is 28.2. The van der Waals surface area contributed by atoms with Crippen LogP contribution in [0.1, 0.15) is 23.6 Å². The number of carbonyl (C=O) groups is 2. The van der Waals surface area contributed by atoms with Crippen molar-refractivity contribution in [3.63, 3.8) is 0 Å². The molecule has 0 spiro atoms. The van der Waals surface area contributed by atoms with Gasteiger partial charge in [-0.25, -0.2) is 4.79 Å². The number of carboxylic acids is 1. The van der Waals surface area contributed by atoms with Crippen molar-refractivity contribution in [2.75, 3.05) is 5.32 Å². The van der Waals surface area contributed by atoms with Gasteiger partial charge in [0.2, 0.25) is 0 Å². The maximum Gasteiger partial charge on any atom is 0.319 e. The molecular weight excluding hydrogens is 472 g/mol. The number of carbonyl (C=O) groups excluding carboxylic acids is 1. The molecule has 0 saturated carbocycles. The Morgan fingerprint density at radius 2 is 1.67 bits per heavy atom. The monoisotopic (exact) mass is 498 g/mol. The molecule has 0 saturated heterocycles. The lowest BCUT2D eigenvalue weighted by Gasteiger charge is -2.17. The number of nitrogens with one attached hydrogen (secondary N) is 3. The number of amides is 2. The predicted molar refractivity (Wildman–Crippen MR) is 142 cm³/mol. The van der Waals surface area contributed by atoms with E-state index in [1.54, 1.807) is 12.4 Å². The van der Waals surface area contributed by atoms with Crippen molar-refractivity contribution >= 4 is 29.6 Å². The Morgan fingerprint density at radius 1 is 0.889 bits per heavy atom. The quantitative estimate of drug-likeness (QED) is 0.204. The van der Waals surface area contributed by atoms with Gasteiger partial charge in [-0.1, -0.05) is 60.7 Å². The van der Waals surface area contributed by atoms with Gasteiger partial charge < -0.3 is 15.7 Å². The minimum atomic E-state index is -0.862. The van der Waals surface area contributed by atoms with Gasteiger partial charge >= 0.3 is 12.0 Å². The van der Waals surface area contributed by atoms with Gasteiger partial charge in [0.25, 0.3) is 0 Å². The van der Waals surface area contributed by atoms with E-state index in [4.69, 9.17) is 0 Å². The Hall–Kier alpha value is -4.14. The lowest BCUT2D eigenvalue weighted by atomic mass is 10.1. The molecule has 0 aliphatic heterocycles. The molecule has 8 heteroatoms. The molecule has 0 fully saturated rings. The van der Waals surface area contributed by atoms with Gasteiger partial charge in [-0.2, -0.15) is 0 Å². The lowest BCUT2D eigenvalue weighted by Crippen LogP contribution is -2.28. The fourth-order valence-electron chi connectivity index (χ4n) is 3.60. The second kappa shape index (κ2) is 12.5. The molecule has 4 N–H and O–H groups in total. The summed E-state index contributed by atoms with van der Waals surface area (Å²) in [7, 11) is 0. The van der Waals surface area contributed by atoms with Crippen molar-refractivity contribution in [1.29, 1.82) is 0 Å². The van der Waals surface area contributed by atoms with Gasteiger partial charge in [0.05, 0.1) is 12.5 Å². The van der Waals surface area contributed by atoms with Crippen molar-refractivity contribution in [3.05, 3.63) is 115 Å². The number of aromatic nitrogens is 1. The van der Waals surface area contributed by atoms with Crippen LogP contribution < -0.4 is 15.4 Å². The summed E-state index contributed by atoms with van der Waals surface area (Å²) in [5, 5.41) is 15.0. The molecule has 1 atom stereocenters. The molecule has 4 aromatic rings. The average Bonchev–Trinajstić information content (AvgIpc) is 2.91. The van der Waals surface area contributed by atoms with Gasteiger partial charge in [0.1, 0.15) is 0 Å². The maximum absolute atomic E-state index is 12.3. The molecule has 1 heterocycles. The molecule has 36 heavy (non-hydrogen) atoms. The summed E-state index contributed by atoms with van der Waals surface area (Å²) >= 11 is 1.40. The third kappa shape index (κ3) is 7.43. The van der Waals surface area contributed by atoms with Crippen LogP contribution in [0.5, 0.6) is 0 Å². The second-order valence-corrected chi connectivity index (χ2v) is 8.97. The van der Waals surface area contributed by atoms with E-state index in [0.717, 1.165) is 27.1 Å². The SMILES string of the molecule is O=C(O)CC(NSc1cccc(-c2cccc(NC(=O)NCc3cccnc3)c2)c1)c1ccccc1. The first-order valence-corrected chi connectivity index (χ1v) is 12.2. The molecule has 0 bridgehead atoms. The Kier molecular flexibility index (Phi) is 8.69. The molecule has 2 amide bonds. The number of rotatable bonds is 10. The van der Waals surface area contributed by atoms with Gasteiger partial charge in [-0.15, -0.1) is 0 Å². The topological polar surface area (TPSA) is 103 Å². The van der Waals surface area contributed by atoms with E-state index in [2.05, 4.69) is 20.3 Å². The van der Waals surface area contributed by atoms with Gasteiger partial charge in [0, 0.05) is 29.5 Å². The van der Waals surface area contributed by atoms with Gasteiger partial charge in [0.15, 0.2) is 0 Å². The van der Waals surface area contributed by atoms with Crippen LogP contribution >= 0.6 is 11.9 Å². The first kappa shape index (κ1) is 25.0. The third-order valence-electron chi connectivity index (χ3n) is 5.36. The number of hydrogen-bond donors (Lipinski definition) is 4. The smallest absolute Gasteiger partial charge is 0.319 e. The molecule has 4 rings (SSSR count). The Morgan fingerprint density at radius 3 is 2.42 bits per heavy atom. The van der Waals surface area contributed by atoms with Crippen LogP contribution in [0, 0.1) is 0 Å². The Bertz CT molecular complexity index is 1300. The van der Waals surface area contributed by atoms with E-state index >= 15 is 0 Å². The van der Waals surface area contributed by atoms with E-state index < -0.39 is 5.97 Å². The molecule has 1 unspecified atom stereocenters. The number of pyridine rings is 1. The van der Waals surface area contributed by atoms with E-state index in [9.17, 15) is 14.7 Å². The highest BCUT2D eigenvalue weighted by molar-refractivity contribution is 7.97. The number of anilines is 1. The van der Waals surface area contributed by atoms with Crippen LogP contribution in [-0.2, 0) is 11.3 Å². The molecule has 0 aliphatic carbocycles. The van der Waals surface area contributed by atoms with Crippen molar-refractivity contribution < 1.29 is 14.7 Å². The summed E-state index contributed by atoms with van der Waals surface area (Å²) in [6.45, 7) is 0.386. The van der Waals surface area contributed by atoms with Crippen LogP contribution in [0.25, 0.3) is 11.1 Å². The lowest BCUT2D eigenvalue weighted by molar-refractivity contribution is -0.137. The number of hydrogen-bond acceptors (Lipinski definition) is 5. The summed E-state index contributed by atoms with van der Waals surface area (Å²) in [5.74, 6) is -0.862. The molecule has 3 aromatic carbocycles. The third-order valence-corrected chi connectivity index (χ3v) is 6.26.